The van der Waals surface area contributed by atoms with Gasteiger partial charge in [0.25, 0.3) is 5.91 Å². The molecule has 0 unspecified atom stereocenters. The highest BCUT2D eigenvalue weighted by Gasteiger charge is 2.13. The summed E-state index contributed by atoms with van der Waals surface area (Å²) in [5.41, 5.74) is 0.629. The molecule has 34 heavy (non-hydrogen) atoms. The zero-order valence-electron chi connectivity index (χ0n) is 19.5. The van der Waals surface area contributed by atoms with Crippen molar-refractivity contribution >= 4 is 29.6 Å². The van der Waals surface area contributed by atoms with Crippen LogP contribution in [0.25, 0.3) is 6.08 Å². The number of hydrogen-bond donors (Lipinski definition) is 3. The highest BCUT2D eigenvalue weighted by molar-refractivity contribution is 6.03. The van der Waals surface area contributed by atoms with E-state index >= 15 is 0 Å². The van der Waals surface area contributed by atoms with E-state index in [0.717, 1.165) is 25.3 Å². The third-order valence-electron chi connectivity index (χ3n) is 5.13. The maximum Gasteiger partial charge on any atom is 0.335 e. The molecule has 2 rings (SSSR count). The van der Waals surface area contributed by atoms with E-state index in [0.29, 0.717) is 18.0 Å². The minimum atomic E-state index is -1.14. The number of aromatic carboxylic acids is 1. The number of carbonyl (C=O) groups is 3. The van der Waals surface area contributed by atoms with Gasteiger partial charge in [-0.05, 0) is 42.8 Å². The molecule has 0 aliphatic heterocycles. The van der Waals surface area contributed by atoms with Crippen LogP contribution in [-0.2, 0) is 4.79 Å². The minimum absolute atomic E-state index is 0.0422. The number of carboxylic acid groups (broad SMARTS) is 2. The van der Waals surface area contributed by atoms with E-state index < -0.39 is 17.8 Å². The van der Waals surface area contributed by atoms with Gasteiger partial charge in [0.1, 0.15) is 17.1 Å². The number of aromatic nitrogens is 1. The minimum Gasteiger partial charge on any atom is -0.491 e. The van der Waals surface area contributed by atoms with E-state index in [4.69, 9.17) is 14.9 Å². The number of amides is 1. The highest BCUT2D eigenvalue weighted by Crippen LogP contribution is 2.21. The number of carboxylic acids is 2. The lowest BCUT2D eigenvalue weighted by Crippen LogP contribution is -2.15. The van der Waals surface area contributed by atoms with Gasteiger partial charge in [-0.15, -0.1) is 0 Å². The van der Waals surface area contributed by atoms with Crippen molar-refractivity contribution in [3.05, 3.63) is 59.4 Å². The Balaban J connectivity index is 1.99. The lowest BCUT2D eigenvalue weighted by atomic mass is 10.1. The van der Waals surface area contributed by atoms with Crippen LogP contribution < -0.4 is 10.1 Å². The van der Waals surface area contributed by atoms with Gasteiger partial charge in [-0.25, -0.2) is 14.6 Å². The Morgan fingerprint density at radius 1 is 0.971 bits per heavy atom. The number of pyridine rings is 1. The summed E-state index contributed by atoms with van der Waals surface area (Å²) >= 11 is 0. The van der Waals surface area contributed by atoms with Crippen LogP contribution in [0.2, 0.25) is 0 Å². The average Bonchev–Trinajstić information content (AvgIpc) is 2.82. The quantitative estimate of drug-likeness (QED) is 0.228. The molecule has 0 saturated carbocycles. The van der Waals surface area contributed by atoms with E-state index in [9.17, 15) is 14.4 Å². The standard InChI is InChI=1S/C26H32N2O6/c1-2-3-4-5-6-7-8-9-17-34-23-15-13-22(28-21(23)14-16-24(29)30)25(31)27-20-12-10-11-19(18-20)26(32)33/h10-16,18H,2-9,17H2,1H3,(H,27,31)(H,29,30)(H,32,33). The SMILES string of the molecule is CCCCCCCCCCOc1ccc(C(=O)Nc2cccc(C(=O)O)c2)nc1C=CC(=O)O. The fourth-order valence-electron chi connectivity index (χ4n) is 3.32. The summed E-state index contributed by atoms with van der Waals surface area (Å²) in [6.07, 6.45) is 11.6. The van der Waals surface area contributed by atoms with Crippen molar-refractivity contribution in [2.24, 2.45) is 0 Å². The van der Waals surface area contributed by atoms with E-state index in [2.05, 4.69) is 17.2 Å². The summed E-state index contributed by atoms with van der Waals surface area (Å²) in [6.45, 7) is 2.67. The molecule has 1 heterocycles. The molecule has 1 aromatic carbocycles. The van der Waals surface area contributed by atoms with Gasteiger partial charge in [-0.3, -0.25) is 4.79 Å². The van der Waals surface area contributed by atoms with Crippen molar-refractivity contribution in [3.63, 3.8) is 0 Å². The molecule has 8 heteroatoms. The van der Waals surface area contributed by atoms with Gasteiger partial charge in [0.2, 0.25) is 0 Å². The van der Waals surface area contributed by atoms with Gasteiger partial charge < -0.3 is 20.3 Å². The first-order valence-corrected chi connectivity index (χ1v) is 11.6. The molecular formula is C26H32N2O6. The summed E-state index contributed by atoms with van der Waals surface area (Å²) in [4.78, 5) is 39.0. The number of ether oxygens (including phenoxy) is 1. The molecule has 0 aliphatic rings. The van der Waals surface area contributed by atoms with Crippen LogP contribution in [0, 0.1) is 0 Å². The number of carbonyl (C=O) groups excluding carboxylic acids is 1. The monoisotopic (exact) mass is 468 g/mol. The van der Waals surface area contributed by atoms with Crippen molar-refractivity contribution < 1.29 is 29.3 Å². The van der Waals surface area contributed by atoms with E-state index in [1.165, 1.54) is 62.4 Å². The second-order valence-electron chi connectivity index (χ2n) is 7.91. The number of nitrogens with one attached hydrogen (secondary N) is 1. The second-order valence-corrected chi connectivity index (χ2v) is 7.91. The molecule has 0 fully saturated rings. The summed E-state index contributed by atoms with van der Waals surface area (Å²) in [5.74, 6) is -2.41. The van der Waals surface area contributed by atoms with Crippen molar-refractivity contribution in [2.75, 3.05) is 11.9 Å². The Bertz CT molecular complexity index is 1000. The lowest BCUT2D eigenvalue weighted by molar-refractivity contribution is -0.131. The summed E-state index contributed by atoms with van der Waals surface area (Å²) < 4.78 is 5.81. The highest BCUT2D eigenvalue weighted by atomic mass is 16.5. The Hall–Kier alpha value is -3.68. The van der Waals surface area contributed by atoms with Crippen LogP contribution in [0.5, 0.6) is 5.75 Å². The molecule has 8 nitrogen and oxygen atoms in total. The molecular weight excluding hydrogens is 436 g/mol. The van der Waals surface area contributed by atoms with E-state index in [1.54, 1.807) is 12.1 Å². The molecule has 182 valence electrons. The number of benzene rings is 1. The number of unbranched alkanes of at least 4 members (excludes halogenated alkanes) is 7. The third kappa shape index (κ3) is 9.44. The molecule has 1 aromatic heterocycles. The molecule has 0 saturated heterocycles. The summed E-state index contributed by atoms with van der Waals surface area (Å²) in [5, 5.41) is 20.7. The van der Waals surface area contributed by atoms with Crippen LogP contribution in [-0.4, -0.2) is 39.6 Å². The molecule has 3 N–H and O–H groups in total. The number of rotatable bonds is 15. The molecule has 0 spiro atoms. The predicted molar refractivity (Wildman–Crippen MR) is 130 cm³/mol. The fourth-order valence-corrected chi connectivity index (χ4v) is 3.32. The normalized spacial score (nSPS) is 10.9. The average molecular weight is 469 g/mol. The third-order valence-corrected chi connectivity index (χ3v) is 5.13. The van der Waals surface area contributed by atoms with Gasteiger partial charge >= 0.3 is 11.9 Å². The van der Waals surface area contributed by atoms with Crippen molar-refractivity contribution in [1.82, 2.24) is 4.98 Å². The van der Waals surface area contributed by atoms with Gasteiger partial charge in [0, 0.05) is 11.8 Å². The zero-order valence-corrected chi connectivity index (χ0v) is 19.5. The number of hydrogen-bond acceptors (Lipinski definition) is 5. The molecule has 2 aromatic rings. The van der Waals surface area contributed by atoms with Crippen LogP contribution in [0.15, 0.2) is 42.5 Å². The van der Waals surface area contributed by atoms with Gasteiger partial charge in [-0.2, -0.15) is 0 Å². The number of nitrogens with zero attached hydrogens (tertiary/aromatic N) is 1. The Morgan fingerprint density at radius 3 is 2.35 bits per heavy atom. The Kier molecular flexibility index (Phi) is 11.3. The molecule has 0 atom stereocenters. The molecule has 0 aliphatic carbocycles. The molecule has 1 amide bonds. The van der Waals surface area contributed by atoms with Crippen molar-refractivity contribution in [2.45, 2.75) is 58.3 Å². The maximum absolute atomic E-state index is 12.6. The van der Waals surface area contributed by atoms with Gasteiger partial charge in [0.05, 0.1) is 12.2 Å². The van der Waals surface area contributed by atoms with Crippen LogP contribution in [0.3, 0.4) is 0 Å². The first-order valence-electron chi connectivity index (χ1n) is 11.6. The summed E-state index contributed by atoms with van der Waals surface area (Å²) in [6, 6.07) is 8.92. The predicted octanol–water partition coefficient (Wildman–Crippen LogP) is 5.65. The topological polar surface area (TPSA) is 126 Å². The maximum atomic E-state index is 12.6. The second kappa shape index (κ2) is 14.5. The van der Waals surface area contributed by atoms with Crippen LogP contribution >= 0.6 is 0 Å². The van der Waals surface area contributed by atoms with Gasteiger partial charge in [0.15, 0.2) is 0 Å². The molecule has 0 bridgehead atoms. The number of aliphatic carboxylic acids is 1. The molecule has 0 radical (unpaired) electrons. The fraction of sp³-hybridized carbons (Fsp3) is 0.385. The summed E-state index contributed by atoms with van der Waals surface area (Å²) in [7, 11) is 0. The first kappa shape index (κ1) is 26.6. The largest absolute Gasteiger partial charge is 0.491 e. The first-order chi connectivity index (χ1) is 16.4. The van der Waals surface area contributed by atoms with Crippen LogP contribution in [0.4, 0.5) is 5.69 Å². The van der Waals surface area contributed by atoms with Crippen molar-refractivity contribution in [3.8, 4) is 5.75 Å². The van der Waals surface area contributed by atoms with E-state index in [-0.39, 0.29) is 17.0 Å². The van der Waals surface area contributed by atoms with E-state index in [1.807, 2.05) is 0 Å². The van der Waals surface area contributed by atoms with Gasteiger partial charge in [-0.1, -0.05) is 57.9 Å². The number of anilines is 1. The van der Waals surface area contributed by atoms with Crippen molar-refractivity contribution in [1.29, 1.82) is 0 Å². The zero-order chi connectivity index (χ0) is 24.8. The Labute approximate surface area is 199 Å². The smallest absolute Gasteiger partial charge is 0.335 e. The van der Waals surface area contributed by atoms with Crippen LogP contribution in [0.1, 0.15) is 84.8 Å². The lowest BCUT2D eigenvalue weighted by Gasteiger charge is -2.11. The Morgan fingerprint density at radius 2 is 1.68 bits per heavy atom.